The topological polar surface area (TPSA) is 28.5 Å². The lowest BCUT2D eigenvalue weighted by molar-refractivity contribution is 0.0954. The van der Waals surface area contributed by atoms with E-state index in [0.29, 0.717) is 24.2 Å². The summed E-state index contributed by atoms with van der Waals surface area (Å²) in [5.74, 6) is -0.132. The zero-order valence-electron chi connectivity index (χ0n) is 16.5. The summed E-state index contributed by atoms with van der Waals surface area (Å²) in [7, 11) is 0. The highest BCUT2D eigenvalue weighted by atomic mass is 19.1. The van der Waals surface area contributed by atoms with Crippen molar-refractivity contribution in [3.05, 3.63) is 90.0 Å². The van der Waals surface area contributed by atoms with Gasteiger partial charge in [-0.15, -0.1) is 0 Å². The van der Waals surface area contributed by atoms with Crippen LogP contribution in [-0.4, -0.2) is 48.0 Å². The first-order valence-electron chi connectivity index (χ1n) is 10.1. The molecule has 2 heterocycles. The van der Waals surface area contributed by atoms with E-state index in [1.165, 1.54) is 11.8 Å². The Hall–Kier alpha value is -2.92. The number of Topliss-reactive ketones (excluding diaryl/α,β-unsaturated/α-hetero) is 1. The second kappa shape index (κ2) is 9.05. The van der Waals surface area contributed by atoms with E-state index in [9.17, 15) is 9.18 Å². The van der Waals surface area contributed by atoms with Crippen LogP contribution in [0.4, 0.5) is 10.1 Å². The summed E-state index contributed by atoms with van der Waals surface area (Å²) in [6.07, 6.45) is 2.32. The number of nitrogens with zero attached hydrogens (tertiary/aromatic N) is 3. The van der Waals surface area contributed by atoms with Gasteiger partial charge in [0.25, 0.3) is 0 Å². The number of anilines is 1. The lowest BCUT2D eigenvalue weighted by atomic mass is 10.1. The molecular weight excluding hydrogens is 365 g/mol. The molecule has 4 nitrogen and oxygen atoms in total. The van der Waals surface area contributed by atoms with E-state index in [-0.39, 0.29) is 11.6 Å². The summed E-state index contributed by atoms with van der Waals surface area (Å²) < 4.78 is 15.8. The molecule has 0 saturated carbocycles. The zero-order valence-corrected chi connectivity index (χ0v) is 16.5. The highest BCUT2D eigenvalue weighted by Gasteiger charge is 2.19. The third kappa shape index (κ3) is 4.74. The van der Waals surface area contributed by atoms with Crippen LogP contribution in [0.1, 0.15) is 22.5 Å². The van der Waals surface area contributed by atoms with Gasteiger partial charge in [0.1, 0.15) is 5.82 Å². The second-order valence-corrected chi connectivity index (χ2v) is 7.45. The van der Waals surface area contributed by atoms with Crippen molar-refractivity contribution in [3.8, 4) is 0 Å². The third-order valence-electron chi connectivity index (χ3n) is 5.56. The predicted octanol–water partition coefficient (Wildman–Crippen LogP) is 4.07. The highest BCUT2D eigenvalue weighted by molar-refractivity contribution is 5.94. The van der Waals surface area contributed by atoms with Crippen molar-refractivity contribution in [2.45, 2.75) is 13.0 Å². The summed E-state index contributed by atoms with van der Waals surface area (Å²) in [5.41, 5.74) is 2.50. The van der Waals surface area contributed by atoms with E-state index >= 15 is 0 Å². The molecule has 1 aliphatic rings. The first kappa shape index (κ1) is 19.4. The number of hydrogen-bond donors (Lipinski definition) is 0. The highest BCUT2D eigenvalue weighted by Crippen LogP contribution is 2.17. The standard InChI is InChI=1S/C24H26FN3O/c25-22-10-5-4-7-20(22)19-28-13-6-11-23(28)24(29)12-14-26-15-17-27(18-16-26)21-8-2-1-3-9-21/h1-11,13H,12,14-19H2. The average Bonchev–Trinajstić information content (AvgIpc) is 3.23. The van der Waals surface area contributed by atoms with E-state index < -0.39 is 0 Å². The van der Waals surface area contributed by atoms with Crippen molar-refractivity contribution < 1.29 is 9.18 Å². The maximum Gasteiger partial charge on any atom is 0.180 e. The van der Waals surface area contributed by atoms with E-state index in [4.69, 9.17) is 0 Å². The number of hydrogen-bond acceptors (Lipinski definition) is 3. The Balaban J connectivity index is 1.30. The number of halogens is 1. The van der Waals surface area contributed by atoms with Gasteiger partial charge in [0.15, 0.2) is 5.78 Å². The molecule has 0 aliphatic carbocycles. The van der Waals surface area contributed by atoms with Gasteiger partial charge in [-0.3, -0.25) is 9.69 Å². The number of ketones is 1. The van der Waals surface area contributed by atoms with Crippen LogP contribution in [0.3, 0.4) is 0 Å². The summed E-state index contributed by atoms with van der Waals surface area (Å²) in [5, 5.41) is 0. The SMILES string of the molecule is O=C(CCN1CCN(c2ccccc2)CC1)c1cccn1Cc1ccccc1F. The van der Waals surface area contributed by atoms with Gasteiger partial charge in [0.2, 0.25) is 0 Å². The molecule has 0 spiro atoms. The average molecular weight is 391 g/mol. The van der Waals surface area contributed by atoms with Crippen LogP contribution in [0.5, 0.6) is 0 Å². The number of carbonyl (C=O) groups excluding carboxylic acids is 1. The molecule has 150 valence electrons. The number of carbonyl (C=O) groups is 1. The number of aromatic nitrogens is 1. The summed E-state index contributed by atoms with van der Waals surface area (Å²) in [6, 6.07) is 20.8. The summed E-state index contributed by atoms with van der Waals surface area (Å²) in [6.45, 7) is 4.99. The predicted molar refractivity (Wildman–Crippen MR) is 114 cm³/mol. The molecule has 0 unspecified atom stereocenters. The quantitative estimate of drug-likeness (QED) is 0.569. The van der Waals surface area contributed by atoms with Crippen molar-refractivity contribution in [1.29, 1.82) is 0 Å². The van der Waals surface area contributed by atoms with Crippen molar-refractivity contribution in [3.63, 3.8) is 0 Å². The Labute approximate surface area is 171 Å². The third-order valence-corrected chi connectivity index (χ3v) is 5.56. The van der Waals surface area contributed by atoms with Gasteiger partial charge in [-0.1, -0.05) is 36.4 Å². The minimum atomic E-state index is -0.240. The van der Waals surface area contributed by atoms with Gasteiger partial charge in [-0.2, -0.15) is 0 Å². The number of piperazine rings is 1. The van der Waals surface area contributed by atoms with Crippen molar-refractivity contribution in [2.24, 2.45) is 0 Å². The van der Waals surface area contributed by atoms with Gasteiger partial charge >= 0.3 is 0 Å². The van der Waals surface area contributed by atoms with E-state index in [1.807, 2.05) is 35.0 Å². The lowest BCUT2D eigenvalue weighted by Crippen LogP contribution is -2.46. The fourth-order valence-electron chi connectivity index (χ4n) is 3.87. The van der Waals surface area contributed by atoms with Gasteiger partial charge in [0, 0.05) is 56.6 Å². The van der Waals surface area contributed by atoms with Crippen molar-refractivity contribution in [1.82, 2.24) is 9.47 Å². The Morgan fingerprint density at radius 1 is 0.862 bits per heavy atom. The number of para-hydroxylation sites is 1. The van der Waals surface area contributed by atoms with Crippen LogP contribution < -0.4 is 4.90 Å². The molecule has 1 saturated heterocycles. The van der Waals surface area contributed by atoms with Crippen LogP contribution in [0.25, 0.3) is 0 Å². The number of rotatable bonds is 7. The van der Waals surface area contributed by atoms with Crippen LogP contribution in [0, 0.1) is 5.82 Å². The molecule has 0 atom stereocenters. The van der Waals surface area contributed by atoms with E-state index in [0.717, 1.165) is 32.7 Å². The maximum absolute atomic E-state index is 14.0. The largest absolute Gasteiger partial charge is 0.369 e. The Kier molecular flexibility index (Phi) is 6.06. The molecule has 4 rings (SSSR count). The number of benzene rings is 2. The lowest BCUT2D eigenvalue weighted by Gasteiger charge is -2.36. The van der Waals surface area contributed by atoms with Gasteiger partial charge in [-0.05, 0) is 30.3 Å². The minimum Gasteiger partial charge on any atom is -0.369 e. The van der Waals surface area contributed by atoms with Crippen LogP contribution in [0.15, 0.2) is 72.9 Å². The fraction of sp³-hybridized carbons (Fsp3) is 0.292. The van der Waals surface area contributed by atoms with Gasteiger partial charge < -0.3 is 9.47 Å². The smallest absolute Gasteiger partial charge is 0.180 e. The Morgan fingerprint density at radius 3 is 2.34 bits per heavy atom. The van der Waals surface area contributed by atoms with Gasteiger partial charge in [-0.25, -0.2) is 4.39 Å². The first-order valence-corrected chi connectivity index (χ1v) is 10.1. The normalized spacial score (nSPS) is 14.9. The van der Waals surface area contributed by atoms with Crippen molar-refractivity contribution >= 4 is 11.5 Å². The molecular formula is C24H26FN3O. The van der Waals surface area contributed by atoms with Crippen LogP contribution >= 0.6 is 0 Å². The monoisotopic (exact) mass is 391 g/mol. The molecule has 1 aliphatic heterocycles. The minimum absolute atomic E-state index is 0.108. The van der Waals surface area contributed by atoms with Crippen LogP contribution in [0.2, 0.25) is 0 Å². The maximum atomic E-state index is 14.0. The summed E-state index contributed by atoms with van der Waals surface area (Å²) in [4.78, 5) is 17.5. The van der Waals surface area contributed by atoms with E-state index in [1.54, 1.807) is 12.1 Å². The molecule has 1 fully saturated rings. The molecule has 29 heavy (non-hydrogen) atoms. The van der Waals surface area contributed by atoms with Gasteiger partial charge in [0.05, 0.1) is 12.2 Å². The molecule has 0 radical (unpaired) electrons. The molecule has 0 bridgehead atoms. The molecule has 5 heteroatoms. The molecule has 1 aromatic heterocycles. The molecule has 0 amide bonds. The second-order valence-electron chi connectivity index (χ2n) is 7.45. The Morgan fingerprint density at radius 2 is 1.59 bits per heavy atom. The fourth-order valence-corrected chi connectivity index (χ4v) is 3.87. The van der Waals surface area contributed by atoms with Crippen LogP contribution in [-0.2, 0) is 6.54 Å². The van der Waals surface area contributed by atoms with E-state index in [2.05, 4.69) is 34.1 Å². The first-order chi connectivity index (χ1) is 14.2. The molecule has 2 aromatic carbocycles. The molecule has 3 aromatic rings. The summed E-state index contributed by atoms with van der Waals surface area (Å²) >= 11 is 0. The zero-order chi connectivity index (χ0) is 20.1. The van der Waals surface area contributed by atoms with Crippen molar-refractivity contribution in [2.75, 3.05) is 37.6 Å². The Bertz CT molecular complexity index is 946. The molecule has 0 N–H and O–H groups in total.